The Morgan fingerprint density at radius 1 is 1.34 bits per heavy atom. The minimum absolute atomic E-state index is 0.204. The highest BCUT2D eigenvalue weighted by Gasteiger charge is 2.37. The highest BCUT2D eigenvalue weighted by molar-refractivity contribution is 6.05. The molecule has 0 bridgehead atoms. The zero-order valence-corrected chi connectivity index (χ0v) is 18.1. The third-order valence-electron chi connectivity index (χ3n) is 6.14. The minimum atomic E-state index is -0.516. The van der Waals surface area contributed by atoms with Crippen LogP contribution >= 0.6 is 0 Å². The molecule has 168 valence electrons. The van der Waals surface area contributed by atoms with Crippen molar-refractivity contribution < 1.29 is 13.9 Å². The van der Waals surface area contributed by atoms with E-state index in [-0.39, 0.29) is 17.1 Å². The van der Waals surface area contributed by atoms with Crippen LogP contribution in [0.5, 0.6) is 5.88 Å². The molecule has 2 atom stereocenters. The van der Waals surface area contributed by atoms with Gasteiger partial charge in [0.25, 0.3) is 5.91 Å². The lowest BCUT2D eigenvalue weighted by atomic mass is 9.93. The molecule has 2 fully saturated rings. The fourth-order valence-corrected chi connectivity index (χ4v) is 4.66. The number of halogens is 1. The van der Waals surface area contributed by atoms with Gasteiger partial charge in [0.15, 0.2) is 11.5 Å². The van der Waals surface area contributed by atoms with Crippen molar-refractivity contribution in [3.63, 3.8) is 0 Å². The molecular weight excluding hydrogens is 413 g/mol. The lowest BCUT2D eigenvalue weighted by Crippen LogP contribution is -2.46. The quantitative estimate of drug-likeness (QED) is 0.630. The third-order valence-corrected chi connectivity index (χ3v) is 6.14. The first kappa shape index (κ1) is 20.6. The normalized spacial score (nSPS) is 20.4. The largest absolute Gasteiger partial charge is 0.477 e. The van der Waals surface area contributed by atoms with Gasteiger partial charge in [-0.15, -0.1) is 0 Å². The molecule has 9 nitrogen and oxygen atoms in total. The van der Waals surface area contributed by atoms with Crippen LogP contribution in [0.3, 0.4) is 0 Å². The number of aryl methyl sites for hydroxylation is 1. The number of hydrogen-bond acceptors (Lipinski definition) is 7. The molecule has 2 aliphatic heterocycles. The average Bonchev–Trinajstić information content (AvgIpc) is 3.37. The molecule has 0 aliphatic carbocycles. The van der Waals surface area contributed by atoms with Gasteiger partial charge in [0.1, 0.15) is 5.56 Å². The van der Waals surface area contributed by atoms with Crippen molar-refractivity contribution in [1.82, 2.24) is 24.7 Å². The molecule has 0 aromatic carbocycles. The Balaban J connectivity index is 1.41. The van der Waals surface area contributed by atoms with Crippen molar-refractivity contribution in [3.8, 4) is 5.88 Å². The molecule has 1 amide bonds. The van der Waals surface area contributed by atoms with E-state index in [2.05, 4.69) is 30.5 Å². The summed E-state index contributed by atoms with van der Waals surface area (Å²) < 4.78 is 21.6. The fraction of sp³-hybridized carbons (Fsp3) is 0.455. The number of ether oxygens (including phenoxy) is 1. The van der Waals surface area contributed by atoms with Gasteiger partial charge in [-0.2, -0.15) is 4.98 Å². The fourth-order valence-electron chi connectivity index (χ4n) is 4.66. The number of fused-ring (bicyclic) bond motifs is 2. The van der Waals surface area contributed by atoms with E-state index < -0.39 is 11.7 Å². The summed E-state index contributed by atoms with van der Waals surface area (Å²) >= 11 is 0. The Kier molecular flexibility index (Phi) is 5.38. The predicted octanol–water partition coefficient (Wildman–Crippen LogP) is 2.41. The number of imidazole rings is 1. The van der Waals surface area contributed by atoms with Crippen LogP contribution in [0.1, 0.15) is 35.8 Å². The van der Waals surface area contributed by atoms with E-state index in [0.717, 1.165) is 32.5 Å². The Morgan fingerprint density at radius 2 is 2.22 bits per heavy atom. The number of aromatic nitrogens is 4. The standard InChI is InChI=1S/C22H26FN7O2/c1-3-32-21-16(9-25-22(28-21)30-7-5-14-4-6-24-10-18(14)30)20(31)27-15-8-17(23)19-26-13(2)11-29(19)12-15/h8-9,11-12,14,18,24H,3-7,10H2,1-2H3,(H,27,31). The van der Waals surface area contributed by atoms with E-state index in [1.54, 1.807) is 23.7 Å². The molecule has 32 heavy (non-hydrogen) atoms. The molecule has 5 heterocycles. The Hall–Kier alpha value is -3.27. The number of carbonyl (C=O) groups excluding carboxylic acids is 1. The van der Waals surface area contributed by atoms with Gasteiger partial charge in [0.2, 0.25) is 11.8 Å². The second-order valence-corrected chi connectivity index (χ2v) is 8.27. The van der Waals surface area contributed by atoms with Gasteiger partial charge in [0, 0.05) is 43.8 Å². The Morgan fingerprint density at radius 3 is 3.06 bits per heavy atom. The van der Waals surface area contributed by atoms with Crippen molar-refractivity contribution >= 4 is 23.2 Å². The topological polar surface area (TPSA) is 96.7 Å². The van der Waals surface area contributed by atoms with Crippen LogP contribution in [0, 0.1) is 18.7 Å². The maximum atomic E-state index is 14.4. The second-order valence-electron chi connectivity index (χ2n) is 8.27. The zero-order valence-electron chi connectivity index (χ0n) is 18.1. The Bertz CT molecular complexity index is 1160. The number of rotatable bonds is 5. The minimum Gasteiger partial charge on any atom is -0.477 e. The third kappa shape index (κ3) is 3.75. The summed E-state index contributed by atoms with van der Waals surface area (Å²) in [6, 6.07) is 1.60. The second kappa shape index (κ2) is 8.34. The lowest BCUT2D eigenvalue weighted by molar-refractivity contribution is 0.102. The van der Waals surface area contributed by atoms with Crippen LogP contribution in [-0.4, -0.2) is 57.5 Å². The molecule has 2 unspecified atom stereocenters. The van der Waals surface area contributed by atoms with Crippen LogP contribution in [-0.2, 0) is 0 Å². The lowest BCUT2D eigenvalue weighted by Gasteiger charge is -2.32. The van der Waals surface area contributed by atoms with Crippen molar-refractivity contribution in [2.45, 2.75) is 32.7 Å². The number of anilines is 2. The zero-order chi connectivity index (χ0) is 22.2. The van der Waals surface area contributed by atoms with Crippen molar-refractivity contribution in [2.24, 2.45) is 5.92 Å². The number of nitrogens with one attached hydrogen (secondary N) is 2. The molecule has 0 spiro atoms. The van der Waals surface area contributed by atoms with E-state index >= 15 is 0 Å². The van der Waals surface area contributed by atoms with Gasteiger partial charge >= 0.3 is 0 Å². The van der Waals surface area contributed by atoms with E-state index in [1.165, 1.54) is 12.3 Å². The van der Waals surface area contributed by atoms with Crippen LogP contribution in [0.4, 0.5) is 16.0 Å². The summed E-state index contributed by atoms with van der Waals surface area (Å²) in [4.78, 5) is 28.4. The van der Waals surface area contributed by atoms with E-state index in [0.29, 0.717) is 35.9 Å². The molecular formula is C22H26FN7O2. The first-order valence-corrected chi connectivity index (χ1v) is 11.0. The number of carbonyl (C=O) groups is 1. The summed E-state index contributed by atoms with van der Waals surface area (Å²) in [7, 11) is 0. The van der Waals surface area contributed by atoms with Crippen LogP contribution in [0.15, 0.2) is 24.7 Å². The van der Waals surface area contributed by atoms with E-state index in [1.807, 2.05) is 6.92 Å². The maximum absolute atomic E-state index is 14.4. The highest BCUT2D eigenvalue weighted by atomic mass is 19.1. The van der Waals surface area contributed by atoms with Crippen molar-refractivity contribution in [3.05, 3.63) is 41.7 Å². The summed E-state index contributed by atoms with van der Waals surface area (Å²) in [6.45, 7) is 6.82. The average molecular weight is 439 g/mol. The molecule has 5 rings (SSSR count). The van der Waals surface area contributed by atoms with Gasteiger partial charge in [-0.1, -0.05) is 0 Å². The molecule has 0 saturated carbocycles. The van der Waals surface area contributed by atoms with Crippen LogP contribution in [0.25, 0.3) is 5.65 Å². The molecule has 10 heteroatoms. The van der Waals surface area contributed by atoms with Gasteiger partial charge in [-0.25, -0.2) is 14.4 Å². The van der Waals surface area contributed by atoms with Gasteiger partial charge < -0.3 is 24.7 Å². The number of hydrogen-bond donors (Lipinski definition) is 2. The molecule has 3 aromatic rings. The molecule has 2 N–H and O–H groups in total. The number of nitrogens with zero attached hydrogens (tertiary/aromatic N) is 5. The number of pyridine rings is 1. The number of amides is 1. The monoisotopic (exact) mass is 439 g/mol. The summed E-state index contributed by atoms with van der Waals surface area (Å²) in [6.07, 6.45) is 7.07. The van der Waals surface area contributed by atoms with E-state index in [9.17, 15) is 9.18 Å². The molecule has 2 aliphatic rings. The van der Waals surface area contributed by atoms with Gasteiger partial charge in [-0.3, -0.25) is 4.79 Å². The highest BCUT2D eigenvalue weighted by Crippen LogP contribution is 2.32. The summed E-state index contributed by atoms with van der Waals surface area (Å²) in [5.74, 6) is 0.450. The number of piperidine rings is 1. The van der Waals surface area contributed by atoms with E-state index in [4.69, 9.17) is 4.74 Å². The first-order chi connectivity index (χ1) is 15.5. The molecule has 3 aromatic heterocycles. The molecule has 2 saturated heterocycles. The maximum Gasteiger partial charge on any atom is 0.262 e. The smallest absolute Gasteiger partial charge is 0.262 e. The SMILES string of the molecule is CCOc1nc(N2CCC3CCNCC32)ncc1C(=O)Nc1cc(F)c2nc(C)cn2c1. The summed E-state index contributed by atoms with van der Waals surface area (Å²) in [5.41, 5.74) is 1.41. The Labute approximate surface area is 185 Å². The first-order valence-electron chi connectivity index (χ1n) is 11.0. The summed E-state index contributed by atoms with van der Waals surface area (Å²) in [5, 5.41) is 6.16. The van der Waals surface area contributed by atoms with Crippen LogP contribution in [0.2, 0.25) is 0 Å². The molecule has 0 radical (unpaired) electrons. The van der Waals surface area contributed by atoms with Gasteiger partial charge in [-0.05, 0) is 39.2 Å². The van der Waals surface area contributed by atoms with Crippen molar-refractivity contribution in [1.29, 1.82) is 0 Å². The van der Waals surface area contributed by atoms with Crippen LogP contribution < -0.4 is 20.3 Å². The van der Waals surface area contributed by atoms with Crippen molar-refractivity contribution in [2.75, 3.05) is 36.5 Å². The van der Waals surface area contributed by atoms with Gasteiger partial charge in [0.05, 0.1) is 18.0 Å². The predicted molar refractivity (Wildman–Crippen MR) is 118 cm³/mol.